The summed E-state index contributed by atoms with van der Waals surface area (Å²) in [5, 5.41) is 23.0. The van der Waals surface area contributed by atoms with Crippen LogP contribution in [0.2, 0.25) is 0 Å². The summed E-state index contributed by atoms with van der Waals surface area (Å²) >= 11 is 0. The summed E-state index contributed by atoms with van der Waals surface area (Å²) in [6, 6.07) is 13.8. The number of aromatic nitrogens is 2. The molecule has 1 aromatic heterocycles. The van der Waals surface area contributed by atoms with E-state index < -0.39 is 0 Å². The molecule has 0 saturated heterocycles. The van der Waals surface area contributed by atoms with Gasteiger partial charge in [0.1, 0.15) is 6.61 Å². The molecule has 4 rings (SSSR count). The molecule has 0 radical (unpaired) electrons. The van der Waals surface area contributed by atoms with Crippen molar-refractivity contribution in [1.82, 2.24) is 9.78 Å². The first-order chi connectivity index (χ1) is 13.1. The number of anilines is 2. The first-order valence-electron chi connectivity index (χ1n) is 8.84. The van der Waals surface area contributed by atoms with Crippen LogP contribution in [-0.4, -0.2) is 35.9 Å². The third kappa shape index (κ3) is 3.06. The number of nitrogens with two attached hydrogens (primary N) is 1. The second-order valence-corrected chi connectivity index (χ2v) is 6.71. The van der Waals surface area contributed by atoms with E-state index in [4.69, 9.17) is 21.3 Å². The zero-order valence-corrected chi connectivity index (χ0v) is 15.2. The van der Waals surface area contributed by atoms with E-state index in [2.05, 4.69) is 16.1 Å². The smallest absolute Gasteiger partial charge is 0.157 e. The summed E-state index contributed by atoms with van der Waals surface area (Å²) in [6.07, 6.45) is 0.907. The molecule has 1 aliphatic heterocycles. The lowest BCUT2D eigenvalue weighted by molar-refractivity contribution is 0.241. The molecule has 0 unspecified atom stereocenters. The third-order valence-electron chi connectivity index (χ3n) is 4.91. The highest BCUT2D eigenvalue weighted by Crippen LogP contribution is 2.28. The van der Waals surface area contributed by atoms with Gasteiger partial charge in [0, 0.05) is 36.7 Å². The Morgan fingerprint density at radius 3 is 2.74 bits per heavy atom. The monoisotopic (exact) mass is 362 g/mol. The van der Waals surface area contributed by atoms with Gasteiger partial charge >= 0.3 is 0 Å². The summed E-state index contributed by atoms with van der Waals surface area (Å²) in [6.45, 7) is 1.62. The van der Waals surface area contributed by atoms with E-state index in [9.17, 15) is 0 Å². The molecule has 0 amide bonds. The molecule has 1 aliphatic rings. The maximum atomic E-state index is 8.47. The molecule has 0 atom stereocenters. The molecule has 0 aliphatic carbocycles. The van der Waals surface area contributed by atoms with Gasteiger partial charge in [0.25, 0.3) is 0 Å². The molecule has 3 aromatic rings. The highest BCUT2D eigenvalue weighted by atomic mass is 16.5. The van der Waals surface area contributed by atoms with Gasteiger partial charge in [-0.25, -0.2) is 0 Å². The molecule has 7 heteroatoms. The van der Waals surface area contributed by atoms with Gasteiger partial charge in [-0.3, -0.25) is 10.8 Å². The van der Waals surface area contributed by atoms with Gasteiger partial charge in [0.2, 0.25) is 0 Å². The van der Waals surface area contributed by atoms with Crippen molar-refractivity contribution in [3.63, 3.8) is 0 Å². The van der Waals surface area contributed by atoms with Crippen molar-refractivity contribution < 1.29 is 4.74 Å². The molecule has 4 N–H and O–H groups in total. The fourth-order valence-corrected chi connectivity index (χ4v) is 3.58. The van der Waals surface area contributed by atoms with Gasteiger partial charge in [0.15, 0.2) is 17.1 Å². The Morgan fingerprint density at radius 2 is 1.96 bits per heavy atom. The standard InChI is InChI=1S/C20H22N6O/c1-27-12-18(22)26-19(23)16-4-2-3-5-17(16)20(24-26)25-9-8-13-6-7-15(21)10-14(13)11-25/h2-7,10,22-23H,8-9,11-12,21H2,1H3. The quantitative estimate of drug-likeness (QED) is 0.377. The van der Waals surface area contributed by atoms with Crippen molar-refractivity contribution in [2.45, 2.75) is 13.0 Å². The SMILES string of the molecule is COCC(=N)n1nc(N2CCc3ccc(N)cc3C2)c2ccccc2c1=N. The van der Waals surface area contributed by atoms with Crippen LogP contribution in [0, 0.1) is 10.8 Å². The normalized spacial score (nSPS) is 13.6. The fraction of sp³-hybridized carbons (Fsp3) is 0.250. The minimum absolute atomic E-state index is 0.0979. The van der Waals surface area contributed by atoms with Crippen LogP contribution in [0.5, 0.6) is 0 Å². The van der Waals surface area contributed by atoms with Crippen LogP contribution in [0.3, 0.4) is 0 Å². The van der Waals surface area contributed by atoms with Crippen molar-refractivity contribution in [1.29, 1.82) is 10.8 Å². The maximum Gasteiger partial charge on any atom is 0.157 e. The van der Waals surface area contributed by atoms with Crippen molar-refractivity contribution in [2.75, 3.05) is 30.9 Å². The van der Waals surface area contributed by atoms with Gasteiger partial charge < -0.3 is 15.4 Å². The topological polar surface area (TPSA) is 104 Å². The average Bonchev–Trinajstić information content (AvgIpc) is 2.68. The number of methoxy groups -OCH3 is 1. The molecule has 0 saturated carbocycles. The van der Waals surface area contributed by atoms with Crippen molar-refractivity contribution in [2.24, 2.45) is 0 Å². The van der Waals surface area contributed by atoms with Gasteiger partial charge in [0.05, 0.1) is 0 Å². The number of hydrogen-bond donors (Lipinski definition) is 3. The molecule has 138 valence electrons. The lowest BCUT2D eigenvalue weighted by Crippen LogP contribution is -2.37. The van der Waals surface area contributed by atoms with E-state index in [0.717, 1.165) is 35.2 Å². The van der Waals surface area contributed by atoms with Crippen LogP contribution in [0.25, 0.3) is 10.8 Å². The van der Waals surface area contributed by atoms with E-state index in [1.165, 1.54) is 22.9 Å². The summed E-state index contributed by atoms with van der Waals surface area (Å²) in [7, 11) is 1.53. The van der Waals surface area contributed by atoms with Gasteiger partial charge in [-0.1, -0.05) is 30.3 Å². The lowest BCUT2D eigenvalue weighted by atomic mass is 9.99. The van der Waals surface area contributed by atoms with E-state index in [-0.39, 0.29) is 17.9 Å². The van der Waals surface area contributed by atoms with E-state index >= 15 is 0 Å². The first-order valence-corrected chi connectivity index (χ1v) is 8.84. The van der Waals surface area contributed by atoms with Crippen LogP contribution in [0.1, 0.15) is 11.1 Å². The molecule has 0 spiro atoms. The van der Waals surface area contributed by atoms with Crippen LogP contribution in [0.4, 0.5) is 11.5 Å². The Labute approximate surface area is 157 Å². The van der Waals surface area contributed by atoms with Crippen molar-refractivity contribution >= 4 is 28.1 Å². The fourth-order valence-electron chi connectivity index (χ4n) is 3.58. The molecule has 0 bridgehead atoms. The largest absolute Gasteiger partial charge is 0.399 e. The Morgan fingerprint density at radius 1 is 1.19 bits per heavy atom. The highest BCUT2D eigenvalue weighted by Gasteiger charge is 2.21. The number of nitrogens with one attached hydrogen (secondary N) is 2. The number of nitrogen functional groups attached to an aromatic ring is 1. The van der Waals surface area contributed by atoms with E-state index in [1.54, 1.807) is 0 Å². The third-order valence-corrected chi connectivity index (χ3v) is 4.91. The van der Waals surface area contributed by atoms with Crippen LogP contribution >= 0.6 is 0 Å². The Bertz CT molecular complexity index is 1090. The number of fused-ring (bicyclic) bond motifs is 2. The van der Waals surface area contributed by atoms with Crippen LogP contribution in [0.15, 0.2) is 42.5 Å². The zero-order valence-electron chi connectivity index (χ0n) is 15.2. The summed E-state index contributed by atoms with van der Waals surface area (Å²) in [5.74, 6) is 0.909. The van der Waals surface area contributed by atoms with Crippen molar-refractivity contribution in [3.05, 3.63) is 59.1 Å². The Hall–Kier alpha value is -3.19. The highest BCUT2D eigenvalue weighted by molar-refractivity contribution is 5.93. The first kappa shape index (κ1) is 17.2. The summed E-state index contributed by atoms with van der Waals surface area (Å²) < 4.78 is 6.43. The number of rotatable bonds is 3. The molecule has 2 heterocycles. The molecule has 7 nitrogen and oxygen atoms in total. The van der Waals surface area contributed by atoms with E-state index in [0.29, 0.717) is 6.54 Å². The minimum atomic E-state index is 0.0979. The number of benzene rings is 2. The van der Waals surface area contributed by atoms with E-state index in [1.807, 2.05) is 36.4 Å². The van der Waals surface area contributed by atoms with Gasteiger partial charge in [-0.15, -0.1) is 5.10 Å². The predicted octanol–water partition coefficient (Wildman–Crippen LogP) is 2.13. The molecular formula is C20H22N6O. The summed E-state index contributed by atoms with van der Waals surface area (Å²) in [4.78, 5) is 2.19. The van der Waals surface area contributed by atoms with Crippen LogP contribution < -0.4 is 16.1 Å². The average molecular weight is 362 g/mol. The Balaban J connectivity index is 1.85. The number of ether oxygens (including phenoxy) is 1. The summed E-state index contributed by atoms with van der Waals surface area (Å²) in [5.41, 5.74) is 9.42. The minimum Gasteiger partial charge on any atom is -0.399 e. The number of hydrogen-bond acceptors (Lipinski definition) is 6. The Kier molecular flexibility index (Phi) is 4.37. The molecule has 0 fully saturated rings. The second-order valence-electron chi connectivity index (χ2n) is 6.71. The molecule has 27 heavy (non-hydrogen) atoms. The number of nitrogens with zero attached hydrogens (tertiary/aromatic N) is 3. The lowest BCUT2D eigenvalue weighted by Gasteiger charge is -2.31. The van der Waals surface area contributed by atoms with Crippen LogP contribution in [-0.2, 0) is 17.7 Å². The zero-order chi connectivity index (χ0) is 19.0. The predicted molar refractivity (Wildman–Crippen MR) is 106 cm³/mol. The van der Waals surface area contributed by atoms with Crippen molar-refractivity contribution in [3.8, 4) is 0 Å². The molecule has 2 aromatic carbocycles. The molecular weight excluding hydrogens is 340 g/mol. The van der Waals surface area contributed by atoms with Gasteiger partial charge in [-0.2, -0.15) is 4.68 Å². The second kappa shape index (κ2) is 6.85. The van der Waals surface area contributed by atoms with Gasteiger partial charge in [-0.05, 0) is 29.7 Å². The maximum absolute atomic E-state index is 8.47.